The van der Waals surface area contributed by atoms with Crippen molar-refractivity contribution in [2.45, 2.75) is 0 Å². The Kier molecular flexibility index (Phi) is 3.54. The lowest BCUT2D eigenvalue weighted by molar-refractivity contribution is 0.565. The Morgan fingerprint density at radius 3 is 2.33 bits per heavy atom. The summed E-state index contributed by atoms with van der Waals surface area (Å²) in [4.78, 5) is 13.7. The Labute approximate surface area is 109 Å². The molecule has 0 aliphatic carbocycles. The predicted molar refractivity (Wildman–Crippen MR) is 69.4 cm³/mol. The number of rotatable bonds is 2. The van der Waals surface area contributed by atoms with Gasteiger partial charge in [-0.3, -0.25) is 0 Å². The molecular weight excluding hydrogens is 248 g/mol. The van der Waals surface area contributed by atoms with Gasteiger partial charge in [-0.05, 0) is 35.4 Å². The highest BCUT2D eigenvalue weighted by Gasteiger charge is 2.04. The van der Waals surface area contributed by atoms with Crippen LogP contribution in [0.15, 0.2) is 47.5 Å². The van der Waals surface area contributed by atoms with E-state index >= 15 is 0 Å². The molecule has 0 N–H and O–H groups in total. The van der Waals surface area contributed by atoms with Gasteiger partial charge in [0.05, 0.1) is 11.3 Å². The molecule has 4 heteroatoms. The van der Waals surface area contributed by atoms with Crippen LogP contribution in [-0.2, 0) is 4.79 Å². The Bertz CT molecular complexity index is 665. The molecular formula is C14H7ClN2O. The summed E-state index contributed by atoms with van der Waals surface area (Å²) >= 11 is 5.81. The summed E-state index contributed by atoms with van der Waals surface area (Å²) in [5, 5.41) is 9.65. The number of carbonyl (C=O) groups excluding carboxylic acids is 1. The van der Waals surface area contributed by atoms with Crippen LogP contribution in [0.25, 0.3) is 11.1 Å². The van der Waals surface area contributed by atoms with E-state index in [1.54, 1.807) is 30.3 Å². The van der Waals surface area contributed by atoms with E-state index in [4.69, 9.17) is 16.9 Å². The zero-order chi connectivity index (χ0) is 13.0. The third-order valence-electron chi connectivity index (χ3n) is 2.46. The minimum Gasteiger partial charge on any atom is -0.211 e. The van der Waals surface area contributed by atoms with Crippen molar-refractivity contribution in [2.75, 3.05) is 0 Å². The second-order valence-corrected chi connectivity index (χ2v) is 3.99. The molecule has 0 aromatic heterocycles. The average molecular weight is 255 g/mol. The van der Waals surface area contributed by atoms with Crippen LogP contribution in [0.2, 0.25) is 5.02 Å². The highest BCUT2D eigenvalue weighted by atomic mass is 35.5. The highest BCUT2D eigenvalue weighted by molar-refractivity contribution is 6.30. The van der Waals surface area contributed by atoms with Crippen LogP contribution in [0, 0.1) is 11.3 Å². The van der Waals surface area contributed by atoms with Gasteiger partial charge in [0.2, 0.25) is 6.08 Å². The first kappa shape index (κ1) is 12.1. The lowest BCUT2D eigenvalue weighted by Gasteiger charge is -2.03. The van der Waals surface area contributed by atoms with E-state index in [-0.39, 0.29) is 0 Å². The van der Waals surface area contributed by atoms with Gasteiger partial charge in [0.1, 0.15) is 6.07 Å². The van der Waals surface area contributed by atoms with Gasteiger partial charge in [0.25, 0.3) is 0 Å². The van der Waals surface area contributed by atoms with Gasteiger partial charge in [0.15, 0.2) is 0 Å². The molecule has 0 bridgehead atoms. The molecule has 0 amide bonds. The first-order valence-corrected chi connectivity index (χ1v) is 5.50. The molecule has 0 aliphatic heterocycles. The minimum atomic E-state index is 0.324. The Morgan fingerprint density at radius 2 is 1.72 bits per heavy atom. The molecule has 86 valence electrons. The molecule has 0 fully saturated rings. The summed E-state index contributed by atoms with van der Waals surface area (Å²) < 4.78 is 0. The predicted octanol–water partition coefficient (Wildman–Crippen LogP) is 3.85. The number of nitrogens with zero attached hydrogens (tertiary/aromatic N) is 2. The molecule has 0 saturated carbocycles. The maximum absolute atomic E-state index is 10.2. The van der Waals surface area contributed by atoms with E-state index < -0.39 is 0 Å². The SMILES string of the molecule is N#Cc1cc(-c2ccc(Cl)cc2)ccc1N=C=O. The summed E-state index contributed by atoms with van der Waals surface area (Å²) in [7, 11) is 0. The molecule has 2 aromatic rings. The van der Waals surface area contributed by atoms with Crippen LogP contribution >= 0.6 is 11.6 Å². The van der Waals surface area contributed by atoms with Gasteiger partial charge in [-0.2, -0.15) is 10.3 Å². The van der Waals surface area contributed by atoms with Crippen LogP contribution in [-0.4, -0.2) is 6.08 Å². The number of benzene rings is 2. The Hall–Kier alpha value is -2.40. The van der Waals surface area contributed by atoms with Gasteiger partial charge in [-0.25, -0.2) is 4.79 Å². The molecule has 0 spiro atoms. The molecule has 0 aliphatic rings. The van der Waals surface area contributed by atoms with Gasteiger partial charge >= 0.3 is 0 Å². The lowest BCUT2D eigenvalue weighted by Crippen LogP contribution is -1.81. The van der Waals surface area contributed by atoms with Crippen LogP contribution in [0.1, 0.15) is 5.56 Å². The smallest absolute Gasteiger partial charge is 0.211 e. The van der Waals surface area contributed by atoms with Crippen molar-refractivity contribution in [3.05, 3.63) is 53.1 Å². The first-order chi connectivity index (χ1) is 8.74. The molecule has 2 aromatic carbocycles. The maximum Gasteiger partial charge on any atom is 0.240 e. The summed E-state index contributed by atoms with van der Waals surface area (Å²) in [6.07, 6.45) is 1.43. The van der Waals surface area contributed by atoms with Gasteiger partial charge in [0, 0.05) is 5.02 Å². The van der Waals surface area contributed by atoms with E-state index in [0.717, 1.165) is 11.1 Å². The van der Waals surface area contributed by atoms with E-state index in [1.807, 2.05) is 18.2 Å². The van der Waals surface area contributed by atoms with Crippen molar-refractivity contribution in [3.8, 4) is 17.2 Å². The molecule has 0 radical (unpaired) electrons. The van der Waals surface area contributed by atoms with Gasteiger partial charge in [-0.1, -0.05) is 29.8 Å². The van der Waals surface area contributed by atoms with E-state index in [1.165, 1.54) is 6.08 Å². The molecule has 2 rings (SSSR count). The fourth-order valence-electron chi connectivity index (χ4n) is 1.59. The number of hydrogen-bond donors (Lipinski definition) is 0. The number of isocyanates is 1. The molecule has 0 saturated heterocycles. The summed E-state index contributed by atoms with van der Waals surface area (Å²) in [6, 6.07) is 14.4. The van der Waals surface area contributed by atoms with E-state index in [9.17, 15) is 4.79 Å². The zero-order valence-corrected chi connectivity index (χ0v) is 9.98. The molecule has 0 heterocycles. The highest BCUT2D eigenvalue weighted by Crippen LogP contribution is 2.27. The van der Waals surface area contributed by atoms with Crippen molar-refractivity contribution in [1.29, 1.82) is 5.26 Å². The summed E-state index contributed by atoms with van der Waals surface area (Å²) in [5.41, 5.74) is 2.47. The standard InChI is InChI=1S/C14H7ClN2O/c15-13-4-1-10(2-5-13)11-3-6-14(17-9-18)12(7-11)8-16/h1-7H. The Balaban J connectivity index is 2.51. The van der Waals surface area contributed by atoms with Crippen LogP contribution in [0.5, 0.6) is 0 Å². The second-order valence-electron chi connectivity index (χ2n) is 3.55. The third-order valence-corrected chi connectivity index (χ3v) is 2.71. The van der Waals surface area contributed by atoms with Crippen LogP contribution in [0.4, 0.5) is 5.69 Å². The number of aliphatic imine (C=N–C) groups is 1. The fourth-order valence-corrected chi connectivity index (χ4v) is 1.72. The van der Waals surface area contributed by atoms with Crippen molar-refractivity contribution in [1.82, 2.24) is 0 Å². The van der Waals surface area contributed by atoms with Crippen LogP contribution in [0.3, 0.4) is 0 Å². The van der Waals surface area contributed by atoms with Crippen molar-refractivity contribution in [2.24, 2.45) is 4.99 Å². The molecule has 18 heavy (non-hydrogen) atoms. The van der Waals surface area contributed by atoms with Crippen molar-refractivity contribution >= 4 is 23.4 Å². The maximum atomic E-state index is 10.2. The molecule has 3 nitrogen and oxygen atoms in total. The Morgan fingerprint density at radius 1 is 1.06 bits per heavy atom. The van der Waals surface area contributed by atoms with Crippen molar-refractivity contribution in [3.63, 3.8) is 0 Å². The van der Waals surface area contributed by atoms with Crippen LogP contribution < -0.4 is 0 Å². The normalized spacial score (nSPS) is 9.33. The van der Waals surface area contributed by atoms with Crippen molar-refractivity contribution < 1.29 is 4.79 Å². The summed E-state index contributed by atoms with van der Waals surface area (Å²) in [6.45, 7) is 0. The monoisotopic (exact) mass is 254 g/mol. The van der Waals surface area contributed by atoms with E-state index in [2.05, 4.69) is 4.99 Å². The van der Waals surface area contributed by atoms with Gasteiger partial charge < -0.3 is 0 Å². The number of nitriles is 1. The fraction of sp³-hybridized carbons (Fsp3) is 0. The third kappa shape index (κ3) is 2.46. The largest absolute Gasteiger partial charge is 0.240 e. The average Bonchev–Trinajstić information content (AvgIpc) is 2.40. The zero-order valence-electron chi connectivity index (χ0n) is 9.22. The lowest BCUT2D eigenvalue weighted by atomic mass is 10.0. The summed E-state index contributed by atoms with van der Waals surface area (Å²) in [5.74, 6) is 0. The topological polar surface area (TPSA) is 53.2 Å². The second kappa shape index (κ2) is 5.29. The molecule has 0 unspecified atom stereocenters. The van der Waals surface area contributed by atoms with Gasteiger partial charge in [-0.15, -0.1) is 0 Å². The molecule has 0 atom stereocenters. The first-order valence-electron chi connectivity index (χ1n) is 5.12. The quantitative estimate of drug-likeness (QED) is 0.604. The minimum absolute atomic E-state index is 0.324. The number of halogens is 1. The number of hydrogen-bond acceptors (Lipinski definition) is 3. The van der Waals surface area contributed by atoms with E-state index in [0.29, 0.717) is 16.3 Å².